The average molecular weight is 276 g/mol. The zero-order valence-electron chi connectivity index (χ0n) is 12.5. The fourth-order valence-electron chi connectivity index (χ4n) is 2.58. The maximum absolute atomic E-state index is 12.9. The Labute approximate surface area is 120 Å². The van der Waals surface area contributed by atoms with E-state index in [1.165, 1.54) is 0 Å². The number of morpholine rings is 1. The molecule has 1 saturated heterocycles. The molecule has 0 spiro atoms. The minimum absolute atomic E-state index is 0.0540. The van der Waals surface area contributed by atoms with Crippen LogP contribution in [0.3, 0.4) is 0 Å². The molecule has 0 bridgehead atoms. The first-order chi connectivity index (χ1) is 9.46. The van der Waals surface area contributed by atoms with Crippen LogP contribution in [0.2, 0.25) is 0 Å². The average Bonchev–Trinajstić information content (AvgIpc) is 2.48. The van der Waals surface area contributed by atoms with E-state index in [0.717, 1.165) is 5.56 Å². The fraction of sp³-hybridized carbons (Fsp3) is 0.562. The van der Waals surface area contributed by atoms with Gasteiger partial charge in [-0.1, -0.05) is 30.3 Å². The van der Waals surface area contributed by atoms with Crippen LogP contribution >= 0.6 is 0 Å². The van der Waals surface area contributed by atoms with Crippen molar-refractivity contribution >= 4 is 5.91 Å². The molecule has 1 fully saturated rings. The summed E-state index contributed by atoms with van der Waals surface area (Å²) in [5, 5.41) is 0. The molecule has 2 unspecified atom stereocenters. The molecule has 2 rings (SSSR count). The van der Waals surface area contributed by atoms with Gasteiger partial charge in [-0.15, -0.1) is 0 Å². The SMILES string of the molecule is CC1COC(CN)CN1C(=O)C(C)(C)c1ccccc1. The molecular formula is C16H24N2O2. The van der Waals surface area contributed by atoms with Crippen LogP contribution < -0.4 is 5.73 Å². The first-order valence-corrected chi connectivity index (χ1v) is 7.15. The second-order valence-electron chi connectivity index (χ2n) is 5.99. The molecule has 0 saturated carbocycles. The number of nitrogens with zero attached hydrogens (tertiary/aromatic N) is 1. The Kier molecular flexibility index (Phi) is 4.45. The van der Waals surface area contributed by atoms with E-state index >= 15 is 0 Å². The summed E-state index contributed by atoms with van der Waals surface area (Å²) >= 11 is 0. The molecule has 2 N–H and O–H groups in total. The molecule has 2 atom stereocenters. The Balaban J connectivity index is 2.21. The van der Waals surface area contributed by atoms with Crippen molar-refractivity contribution in [2.75, 3.05) is 19.7 Å². The summed E-state index contributed by atoms with van der Waals surface area (Å²) < 4.78 is 5.62. The lowest BCUT2D eigenvalue weighted by Crippen LogP contribution is -2.56. The molecule has 0 aliphatic carbocycles. The van der Waals surface area contributed by atoms with Gasteiger partial charge in [0.1, 0.15) is 0 Å². The summed E-state index contributed by atoms with van der Waals surface area (Å²) in [5.74, 6) is 0.137. The number of amides is 1. The predicted molar refractivity (Wildman–Crippen MR) is 79.4 cm³/mol. The molecule has 4 nitrogen and oxygen atoms in total. The monoisotopic (exact) mass is 276 g/mol. The summed E-state index contributed by atoms with van der Waals surface area (Å²) in [6.07, 6.45) is -0.0540. The van der Waals surface area contributed by atoms with Crippen LogP contribution in [0, 0.1) is 0 Å². The Bertz CT molecular complexity index is 459. The molecule has 1 aromatic rings. The standard InChI is InChI=1S/C16H24N2O2/c1-12-11-20-14(9-17)10-18(12)15(19)16(2,3)13-7-5-4-6-8-13/h4-8,12,14H,9-11,17H2,1-3H3. The number of ether oxygens (including phenoxy) is 1. The number of rotatable bonds is 3. The van der Waals surface area contributed by atoms with Crippen molar-refractivity contribution in [2.24, 2.45) is 5.73 Å². The smallest absolute Gasteiger partial charge is 0.233 e. The van der Waals surface area contributed by atoms with Gasteiger partial charge < -0.3 is 15.4 Å². The van der Waals surface area contributed by atoms with Gasteiger partial charge in [0.25, 0.3) is 0 Å². The van der Waals surface area contributed by atoms with Gasteiger partial charge in [0.15, 0.2) is 0 Å². The minimum atomic E-state index is -0.536. The van der Waals surface area contributed by atoms with Crippen molar-refractivity contribution < 1.29 is 9.53 Å². The molecule has 1 amide bonds. The highest BCUT2D eigenvalue weighted by Gasteiger charge is 2.38. The van der Waals surface area contributed by atoms with Crippen LogP contribution in [0.4, 0.5) is 0 Å². The summed E-state index contributed by atoms with van der Waals surface area (Å²) in [7, 11) is 0. The zero-order valence-corrected chi connectivity index (χ0v) is 12.5. The van der Waals surface area contributed by atoms with Gasteiger partial charge in [0.2, 0.25) is 5.91 Å². The van der Waals surface area contributed by atoms with Gasteiger partial charge in [-0.2, -0.15) is 0 Å². The van der Waals surface area contributed by atoms with Gasteiger partial charge in [0.05, 0.1) is 24.2 Å². The van der Waals surface area contributed by atoms with E-state index < -0.39 is 5.41 Å². The largest absolute Gasteiger partial charge is 0.373 e. The van der Waals surface area contributed by atoms with Crippen molar-refractivity contribution in [3.8, 4) is 0 Å². The second kappa shape index (κ2) is 5.94. The van der Waals surface area contributed by atoms with Crippen molar-refractivity contribution in [3.63, 3.8) is 0 Å². The number of hydrogen-bond acceptors (Lipinski definition) is 3. The Morgan fingerprint density at radius 2 is 2.05 bits per heavy atom. The molecule has 1 heterocycles. The Morgan fingerprint density at radius 3 is 2.65 bits per heavy atom. The lowest BCUT2D eigenvalue weighted by atomic mass is 9.82. The van der Waals surface area contributed by atoms with Crippen LogP contribution in [-0.2, 0) is 14.9 Å². The van der Waals surface area contributed by atoms with Gasteiger partial charge in [-0.05, 0) is 26.3 Å². The third-order valence-electron chi connectivity index (χ3n) is 4.06. The third kappa shape index (κ3) is 2.86. The summed E-state index contributed by atoms with van der Waals surface area (Å²) in [5.41, 5.74) is 6.17. The molecule has 20 heavy (non-hydrogen) atoms. The summed E-state index contributed by atoms with van der Waals surface area (Å²) in [6.45, 7) is 7.55. The number of benzene rings is 1. The molecule has 1 aliphatic rings. The number of hydrogen-bond donors (Lipinski definition) is 1. The van der Waals surface area contributed by atoms with E-state index in [2.05, 4.69) is 0 Å². The van der Waals surface area contributed by atoms with E-state index in [1.807, 2.05) is 56.0 Å². The van der Waals surface area contributed by atoms with E-state index in [0.29, 0.717) is 19.7 Å². The first-order valence-electron chi connectivity index (χ1n) is 7.15. The highest BCUT2D eigenvalue weighted by Crippen LogP contribution is 2.27. The molecular weight excluding hydrogens is 252 g/mol. The fourth-order valence-corrected chi connectivity index (χ4v) is 2.58. The number of carbonyl (C=O) groups excluding carboxylic acids is 1. The number of nitrogens with two attached hydrogens (primary N) is 1. The van der Waals surface area contributed by atoms with Crippen molar-refractivity contribution in [1.29, 1.82) is 0 Å². The predicted octanol–water partition coefficient (Wildman–Crippen LogP) is 1.54. The first kappa shape index (κ1) is 15.0. The quantitative estimate of drug-likeness (QED) is 0.911. The van der Waals surface area contributed by atoms with Crippen LogP contribution in [-0.4, -0.2) is 42.6 Å². The Hall–Kier alpha value is -1.39. The van der Waals surface area contributed by atoms with Crippen molar-refractivity contribution in [1.82, 2.24) is 4.90 Å². The van der Waals surface area contributed by atoms with E-state index in [4.69, 9.17) is 10.5 Å². The summed E-state index contributed by atoms with van der Waals surface area (Å²) in [6, 6.07) is 10.00. The van der Waals surface area contributed by atoms with E-state index in [1.54, 1.807) is 0 Å². The van der Waals surface area contributed by atoms with Gasteiger partial charge in [-0.3, -0.25) is 4.79 Å². The van der Waals surface area contributed by atoms with E-state index in [9.17, 15) is 4.79 Å². The normalized spacial score (nSPS) is 23.7. The molecule has 4 heteroatoms. The zero-order chi connectivity index (χ0) is 14.8. The molecule has 0 radical (unpaired) electrons. The van der Waals surface area contributed by atoms with Crippen LogP contribution in [0.5, 0.6) is 0 Å². The second-order valence-corrected chi connectivity index (χ2v) is 5.99. The topological polar surface area (TPSA) is 55.6 Å². The lowest BCUT2D eigenvalue weighted by molar-refractivity contribution is -0.148. The van der Waals surface area contributed by atoms with Crippen LogP contribution in [0.25, 0.3) is 0 Å². The molecule has 1 aliphatic heterocycles. The van der Waals surface area contributed by atoms with Gasteiger partial charge in [-0.25, -0.2) is 0 Å². The lowest BCUT2D eigenvalue weighted by Gasteiger charge is -2.41. The Morgan fingerprint density at radius 1 is 1.40 bits per heavy atom. The number of carbonyl (C=O) groups is 1. The van der Waals surface area contributed by atoms with Gasteiger partial charge >= 0.3 is 0 Å². The summed E-state index contributed by atoms with van der Waals surface area (Å²) in [4.78, 5) is 14.8. The van der Waals surface area contributed by atoms with Crippen LogP contribution in [0.1, 0.15) is 26.3 Å². The highest BCUT2D eigenvalue weighted by molar-refractivity contribution is 5.87. The van der Waals surface area contributed by atoms with Crippen molar-refractivity contribution in [2.45, 2.75) is 38.3 Å². The third-order valence-corrected chi connectivity index (χ3v) is 4.06. The molecule has 110 valence electrons. The van der Waals surface area contributed by atoms with Crippen LogP contribution in [0.15, 0.2) is 30.3 Å². The van der Waals surface area contributed by atoms with E-state index in [-0.39, 0.29) is 18.1 Å². The van der Waals surface area contributed by atoms with Crippen molar-refractivity contribution in [3.05, 3.63) is 35.9 Å². The maximum Gasteiger partial charge on any atom is 0.233 e. The van der Waals surface area contributed by atoms with Gasteiger partial charge in [0, 0.05) is 13.1 Å². The molecule has 1 aromatic carbocycles. The highest BCUT2D eigenvalue weighted by atomic mass is 16.5. The maximum atomic E-state index is 12.9. The molecule has 0 aromatic heterocycles. The minimum Gasteiger partial charge on any atom is -0.373 e.